The van der Waals surface area contributed by atoms with E-state index in [4.69, 9.17) is 18.6 Å². The summed E-state index contributed by atoms with van der Waals surface area (Å²) in [5, 5.41) is 0. The van der Waals surface area contributed by atoms with E-state index in [1.807, 2.05) is 31.3 Å². The lowest BCUT2D eigenvalue weighted by molar-refractivity contribution is -2.00. The van der Waals surface area contributed by atoms with Gasteiger partial charge < -0.3 is 0 Å². The second-order valence-corrected chi connectivity index (χ2v) is 4.10. The first-order valence-corrected chi connectivity index (χ1v) is 5.87. The third kappa shape index (κ3) is 5.03. The molecule has 0 aromatic carbocycles. The maximum atomic E-state index is 8.49. The van der Waals surface area contributed by atoms with Crippen LogP contribution in [0.5, 0.6) is 0 Å². The predicted molar refractivity (Wildman–Crippen MR) is 46.9 cm³/mol. The molecule has 0 radical (unpaired) electrons. The van der Waals surface area contributed by atoms with Crippen LogP contribution in [0.2, 0.25) is 0 Å². The van der Waals surface area contributed by atoms with E-state index in [0.29, 0.717) is 0 Å². The van der Waals surface area contributed by atoms with E-state index in [2.05, 4.69) is 22.4 Å². The molecule has 2 rings (SSSR count). The molecule has 0 aliphatic rings. The second kappa shape index (κ2) is 5.35. The van der Waals surface area contributed by atoms with Crippen LogP contribution < -0.4 is 23.0 Å². The molecular formula is C10H11ClN2O4. The number of rotatable bonds is 0. The van der Waals surface area contributed by atoms with Gasteiger partial charge in [0.1, 0.15) is 5.69 Å². The Kier molecular flexibility index (Phi) is 4.33. The molecule has 0 N–H and O–H groups in total. The van der Waals surface area contributed by atoms with Crippen molar-refractivity contribution in [2.24, 2.45) is 0 Å². The number of nitrogens with zero attached hydrogens (tertiary/aromatic N) is 2. The van der Waals surface area contributed by atoms with Crippen molar-refractivity contribution in [1.82, 2.24) is 4.98 Å². The Morgan fingerprint density at radius 1 is 1.12 bits per heavy atom. The summed E-state index contributed by atoms with van der Waals surface area (Å²) in [7, 11) is -4.94. The molecule has 2 aromatic rings. The number of aryl methyl sites for hydroxylation is 2. The van der Waals surface area contributed by atoms with E-state index in [9.17, 15) is 0 Å². The Morgan fingerprint density at radius 2 is 1.71 bits per heavy atom. The minimum atomic E-state index is -4.94. The molecular weight excluding hydrogens is 248 g/mol. The van der Waals surface area contributed by atoms with Gasteiger partial charge in [0, 0.05) is 19.1 Å². The second-order valence-electron chi connectivity index (χ2n) is 3.35. The van der Waals surface area contributed by atoms with Crippen molar-refractivity contribution in [3.05, 3.63) is 41.9 Å². The summed E-state index contributed by atoms with van der Waals surface area (Å²) in [6.07, 6.45) is 2.02. The van der Waals surface area contributed by atoms with Gasteiger partial charge in [-0.05, 0) is 18.0 Å². The van der Waals surface area contributed by atoms with Crippen LogP contribution in [-0.2, 0) is 0 Å². The highest BCUT2D eigenvalue weighted by atomic mass is 35.7. The van der Waals surface area contributed by atoms with Crippen LogP contribution in [0, 0.1) is 24.1 Å². The van der Waals surface area contributed by atoms with Crippen molar-refractivity contribution in [2.45, 2.75) is 13.8 Å². The molecule has 0 fully saturated rings. The van der Waals surface area contributed by atoms with Gasteiger partial charge in [-0.3, -0.25) is 0 Å². The quantitative estimate of drug-likeness (QED) is 0.459. The molecule has 0 atom stereocenters. The average Bonchev–Trinajstić information content (AvgIpc) is 2.14. The Balaban J connectivity index is 0.000000249. The lowest BCUT2D eigenvalue weighted by Gasteiger charge is -2.17. The molecule has 6 nitrogen and oxygen atoms in total. The van der Waals surface area contributed by atoms with Gasteiger partial charge in [0.05, 0.1) is 6.20 Å². The summed E-state index contributed by atoms with van der Waals surface area (Å²) in [6.45, 7) is 4.10. The van der Waals surface area contributed by atoms with Gasteiger partial charge in [-0.1, -0.05) is 6.07 Å². The molecule has 0 aliphatic carbocycles. The Labute approximate surface area is 100 Å². The lowest BCUT2D eigenvalue weighted by atomic mass is 10.3. The fourth-order valence-electron chi connectivity index (χ4n) is 1.41. The minimum Gasteiger partial charge on any atom is -0.222 e. The van der Waals surface area contributed by atoms with Gasteiger partial charge in [0.2, 0.25) is 0 Å². The molecule has 92 valence electrons. The van der Waals surface area contributed by atoms with E-state index in [0.717, 1.165) is 11.3 Å². The van der Waals surface area contributed by atoms with Crippen LogP contribution in [0.1, 0.15) is 11.4 Å². The van der Waals surface area contributed by atoms with Crippen LogP contribution in [0.4, 0.5) is 0 Å². The highest BCUT2D eigenvalue weighted by Crippen LogP contribution is 1.98. The molecule has 0 unspecified atom stereocenters. The number of hydrogen-bond acceptors (Lipinski definition) is 5. The molecule has 0 bridgehead atoms. The summed E-state index contributed by atoms with van der Waals surface area (Å²) in [5.41, 5.74) is 3.30. The van der Waals surface area contributed by atoms with Crippen LogP contribution in [-0.4, -0.2) is 4.98 Å². The number of hydrogen-bond donors (Lipinski definition) is 0. The van der Waals surface area contributed by atoms with Crippen molar-refractivity contribution >= 4 is 5.65 Å². The van der Waals surface area contributed by atoms with Gasteiger partial charge in [0.15, 0.2) is 5.69 Å². The first-order chi connectivity index (χ1) is 7.77. The largest absolute Gasteiger partial charge is 0.328 e. The van der Waals surface area contributed by atoms with Crippen molar-refractivity contribution in [3.8, 4) is 0 Å². The number of aromatic nitrogens is 2. The zero-order valence-corrected chi connectivity index (χ0v) is 10.0. The number of fused-ring (bicyclic) bond motifs is 1. The summed E-state index contributed by atoms with van der Waals surface area (Å²) < 4.78 is 36.0. The molecule has 17 heavy (non-hydrogen) atoms. The highest BCUT2D eigenvalue weighted by Gasteiger charge is 2.05. The first-order valence-electron chi connectivity index (χ1n) is 4.64. The van der Waals surface area contributed by atoms with Gasteiger partial charge in [-0.15, -0.1) is 10.2 Å². The number of halogens is 1. The van der Waals surface area contributed by atoms with E-state index in [1.54, 1.807) is 0 Å². The Hall–Kier alpha value is -1.31. The van der Waals surface area contributed by atoms with Gasteiger partial charge in [-0.25, -0.2) is 23.0 Å². The maximum Gasteiger partial charge on any atom is 0.328 e. The van der Waals surface area contributed by atoms with Crippen LogP contribution in [0.3, 0.4) is 0 Å². The third-order valence-corrected chi connectivity index (χ3v) is 1.93. The zero-order valence-electron chi connectivity index (χ0n) is 9.29. The summed E-state index contributed by atoms with van der Waals surface area (Å²) in [4.78, 5) is 4.40. The SMILES string of the molecule is Cc1cc(C)[n+]2ccccc2n1.[O-][Cl+3]([O-])([O-])[O-]. The molecule has 7 heteroatoms. The Bertz CT molecular complexity index is 507. The average molecular weight is 259 g/mol. The van der Waals surface area contributed by atoms with E-state index >= 15 is 0 Å². The molecule has 0 spiro atoms. The van der Waals surface area contributed by atoms with Gasteiger partial charge >= 0.3 is 5.65 Å². The predicted octanol–water partition coefficient (Wildman–Crippen LogP) is -3.32. The molecule has 2 heterocycles. The van der Waals surface area contributed by atoms with E-state index < -0.39 is 10.2 Å². The molecule has 0 saturated heterocycles. The van der Waals surface area contributed by atoms with Gasteiger partial charge in [-0.2, -0.15) is 0 Å². The standard InChI is InChI=1S/C10H11N2.ClHO4/c1-8-7-9(2)12-6-4-3-5-10(12)11-8;2-1(3,4)5/h3-7H,1-2H3;(H,2,3,4,5)/q+1;/p-1. The van der Waals surface area contributed by atoms with Crippen LogP contribution in [0.15, 0.2) is 30.5 Å². The number of pyridine rings is 1. The van der Waals surface area contributed by atoms with E-state index in [1.165, 1.54) is 5.69 Å². The molecule has 0 aliphatic heterocycles. The fourth-order valence-corrected chi connectivity index (χ4v) is 1.41. The Morgan fingerprint density at radius 3 is 2.29 bits per heavy atom. The van der Waals surface area contributed by atoms with Crippen molar-refractivity contribution in [1.29, 1.82) is 0 Å². The van der Waals surface area contributed by atoms with Crippen molar-refractivity contribution in [3.63, 3.8) is 0 Å². The summed E-state index contributed by atoms with van der Waals surface area (Å²) in [5.74, 6) is 0. The summed E-state index contributed by atoms with van der Waals surface area (Å²) in [6, 6.07) is 8.10. The van der Waals surface area contributed by atoms with Crippen molar-refractivity contribution < 1.29 is 33.3 Å². The summed E-state index contributed by atoms with van der Waals surface area (Å²) >= 11 is 0. The highest BCUT2D eigenvalue weighted by molar-refractivity contribution is 5.29. The van der Waals surface area contributed by atoms with E-state index in [-0.39, 0.29) is 0 Å². The van der Waals surface area contributed by atoms with Crippen LogP contribution >= 0.6 is 0 Å². The fraction of sp³-hybridized carbons (Fsp3) is 0.200. The van der Waals surface area contributed by atoms with Crippen molar-refractivity contribution in [2.75, 3.05) is 0 Å². The minimum absolute atomic E-state index is 1.01. The maximum absolute atomic E-state index is 8.49. The zero-order chi connectivity index (χ0) is 13.1. The normalized spacial score (nSPS) is 10.9. The molecule has 0 saturated carbocycles. The topological polar surface area (TPSA) is 109 Å². The molecule has 2 aromatic heterocycles. The molecule has 0 amide bonds. The van der Waals surface area contributed by atoms with Gasteiger partial charge in [0.25, 0.3) is 0 Å². The van der Waals surface area contributed by atoms with Crippen LogP contribution in [0.25, 0.3) is 5.65 Å². The monoisotopic (exact) mass is 258 g/mol. The third-order valence-electron chi connectivity index (χ3n) is 1.93. The first kappa shape index (κ1) is 13.8. The lowest BCUT2D eigenvalue weighted by Crippen LogP contribution is -2.68. The smallest absolute Gasteiger partial charge is 0.222 e.